The molecule has 0 unspecified atom stereocenters. The smallest absolute Gasteiger partial charge is 0.229 e. The Kier molecular flexibility index (Phi) is 7.62. The molecule has 41 heavy (non-hydrogen) atoms. The summed E-state index contributed by atoms with van der Waals surface area (Å²) in [5, 5.41) is 7.15. The van der Waals surface area contributed by atoms with E-state index in [1.54, 1.807) is 7.11 Å². The number of carbonyl (C=O) groups is 1. The molecule has 5 rings (SSSR count). The number of hydrogen-bond donors (Lipinski definition) is 2. The first-order chi connectivity index (χ1) is 19.5. The van der Waals surface area contributed by atoms with Gasteiger partial charge in [-0.1, -0.05) is 44.5 Å². The summed E-state index contributed by atoms with van der Waals surface area (Å²) in [5.41, 5.74) is 7.60. The topological polar surface area (TPSA) is 71.4 Å². The zero-order valence-corrected chi connectivity index (χ0v) is 25.5. The molecule has 0 bridgehead atoms. The van der Waals surface area contributed by atoms with E-state index in [1.165, 1.54) is 5.56 Å². The molecule has 3 heterocycles. The normalized spacial score (nSPS) is 17.0. The van der Waals surface area contributed by atoms with Gasteiger partial charge in [-0.2, -0.15) is 0 Å². The lowest BCUT2D eigenvalue weighted by Crippen LogP contribution is -2.30. The Balaban J connectivity index is 1.62. The average molecular weight is 568 g/mol. The molecule has 1 fully saturated rings. The van der Waals surface area contributed by atoms with Crippen molar-refractivity contribution in [1.29, 1.82) is 0 Å². The molecule has 0 spiro atoms. The van der Waals surface area contributed by atoms with Crippen LogP contribution in [0.2, 0.25) is 0 Å². The maximum Gasteiger partial charge on any atom is 0.229 e. The van der Waals surface area contributed by atoms with Crippen molar-refractivity contribution in [2.75, 3.05) is 17.3 Å². The van der Waals surface area contributed by atoms with Crippen LogP contribution in [0.1, 0.15) is 61.1 Å². The third kappa shape index (κ3) is 5.44. The van der Waals surface area contributed by atoms with Gasteiger partial charge in [-0.05, 0) is 81.0 Å². The molecule has 0 aliphatic carbocycles. The number of benzene rings is 2. The van der Waals surface area contributed by atoms with Gasteiger partial charge < -0.3 is 24.8 Å². The van der Waals surface area contributed by atoms with E-state index in [0.29, 0.717) is 16.5 Å². The zero-order valence-electron chi connectivity index (χ0n) is 24.6. The van der Waals surface area contributed by atoms with Gasteiger partial charge in [-0.25, -0.2) is 0 Å². The van der Waals surface area contributed by atoms with Gasteiger partial charge in [0, 0.05) is 40.4 Å². The maximum absolute atomic E-state index is 12.7. The van der Waals surface area contributed by atoms with E-state index in [4.69, 9.17) is 21.9 Å². The Morgan fingerprint density at radius 3 is 2.34 bits per heavy atom. The second-order valence-electron chi connectivity index (χ2n) is 11.6. The Labute approximate surface area is 247 Å². The fraction of sp³-hybridized carbons (Fsp3) is 0.303. The van der Waals surface area contributed by atoms with E-state index in [-0.39, 0.29) is 18.0 Å². The van der Waals surface area contributed by atoms with Crippen molar-refractivity contribution in [2.45, 2.75) is 53.6 Å². The Morgan fingerprint density at radius 2 is 1.71 bits per heavy atom. The summed E-state index contributed by atoms with van der Waals surface area (Å²) in [6.07, 6.45) is 1.81. The molecule has 2 N–H and O–H groups in total. The van der Waals surface area contributed by atoms with Crippen molar-refractivity contribution in [2.24, 2.45) is 5.41 Å². The molecule has 212 valence electrons. The van der Waals surface area contributed by atoms with Gasteiger partial charge in [-0.3, -0.25) is 9.78 Å². The number of aryl methyl sites for hydroxylation is 2. The number of nitrogens with one attached hydrogen (secondary N) is 2. The lowest BCUT2D eigenvalue weighted by atomic mass is 9.95. The zero-order chi connectivity index (χ0) is 29.5. The SMILES string of the molecule is COc1cc(N2C(=S)N[C@H](c3ccccn3)[C@H]2c2cc(C)n(-c3ccc(C)cc3)c2C)ccc1NC(=O)C(C)(C)C. The van der Waals surface area contributed by atoms with Crippen molar-refractivity contribution in [3.05, 3.63) is 101 Å². The number of methoxy groups -OCH3 is 1. The van der Waals surface area contributed by atoms with Gasteiger partial charge in [-0.15, -0.1) is 0 Å². The first-order valence-electron chi connectivity index (χ1n) is 13.8. The molecule has 0 radical (unpaired) electrons. The highest BCUT2D eigenvalue weighted by Gasteiger charge is 2.42. The van der Waals surface area contributed by atoms with Gasteiger partial charge in [0.1, 0.15) is 5.75 Å². The van der Waals surface area contributed by atoms with E-state index in [0.717, 1.165) is 34.0 Å². The van der Waals surface area contributed by atoms with E-state index >= 15 is 0 Å². The number of nitrogens with zero attached hydrogens (tertiary/aromatic N) is 3. The van der Waals surface area contributed by atoms with Crippen LogP contribution in [-0.4, -0.2) is 27.7 Å². The number of hydrogen-bond acceptors (Lipinski definition) is 4. The molecule has 1 amide bonds. The number of thiocarbonyl (C=S) groups is 1. The van der Waals surface area contributed by atoms with Crippen molar-refractivity contribution in [1.82, 2.24) is 14.9 Å². The first-order valence-corrected chi connectivity index (χ1v) is 14.2. The lowest BCUT2D eigenvalue weighted by Gasteiger charge is -2.29. The summed E-state index contributed by atoms with van der Waals surface area (Å²) in [7, 11) is 1.61. The standard InChI is InChI=1S/C33H37N5O2S/c1-20-11-13-23(14-12-20)37-21(2)18-25(22(37)3)30-29(27-10-8-9-17-34-27)36-32(41)38(30)24-15-16-26(28(19-24)40-7)35-31(39)33(4,5)6/h8-19,29-30H,1-7H3,(H,35,39)(H,36,41)/t29-,30-/m1/s1. The van der Waals surface area contributed by atoms with Crippen molar-refractivity contribution in [3.63, 3.8) is 0 Å². The molecule has 2 atom stereocenters. The number of pyridine rings is 1. The number of anilines is 2. The summed E-state index contributed by atoms with van der Waals surface area (Å²) in [5.74, 6) is 0.478. The number of aromatic nitrogens is 2. The van der Waals surface area contributed by atoms with E-state index < -0.39 is 5.41 Å². The highest BCUT2D eigenvalue weighted by molar-refractivity contribution is 7.80. The second-order valence-corrected chi connectivity index (χ2v) is 12.0. The van der Waals surface area contributed by atoms with E-state index in [1.807, 2.05) is 63.4 Å². The Hall–Kier alpha value is -4.17. The number of rotatable bonds is 6. The highest BCUT2D eigenvalue weighted by atomic mass is 32.1. The van der Waals surface area contributed by atoms with Crippen LogP contribution < -0.4 is 20.3 Å². The number of amides is 1. The summed E-state index contributed by atoms with van der Waals surface area (Å²) in [6, 6.07) is 22.2. The molecule has 2 aromatic carbocycles. The van der Waals surface area contributed by atoms with Gasteiger partial charge >= 0.3 is 0 Å². The lowest BCUT2D eigenvalue weighted by molar-refractivity contribution is -0.123. The van der Waals surface area contributed by atoms with Crippen molar-refractivity contribution >= 4 is 34.6 Å². The summed E-state index contributed by atoms with van der Waals surface area (Å²) < 4.78 is 8.03. The molecular weight excluding hydrogens is 530 g/mol. The van der Waals surface area contributed by atoms with Crippen LogP contribution in [0, 0.1) is 26.2 Å². The minimum atomic E-state index is -0.537. The average Bonchev–Trinajstić information content (AvgIpc) is 3.44. The quantitative estimate of drug-likeness (QED) is 0.245. The summed E-state index contributed by atoms with van der Waals surface area (Å²) in [4.78, 5) is 19.6. The molecule has 4 aromatic rings. The van der Waals surface area contributed by atoms with Gasteiger partial charge in [0.2, 0.25) is 5.91 Å². The monoisotopic (exact) mass is 567 g/mol. The minimum Gasteiger partial charge on any atom is -0.494 e. The Morgan fingerprint density at radius 1 is 1.00 bits per heavy atom. The molecule has 0 saturated carbocycles. The minimum absolute atomic E-state index is 0.0847. The molecule has 1 aliphatic heterocycles. The van der Waals surface area contributed by atoms with Crippen LogP contribution in [0.15, 0.2) is 72.9 Å². The largest absolute Gasteiger partial charge is 0.494 e. The van der Waals surface area contributed by atoms with Gasteiger partial charge in [0.05, 0.1) is 30.6 Å². The van der Waals surface area contributed by atoms with E-state index in [9.17, 15) is 4.79 Å². The molecule has 2 aromatic heterocycles. The van der Waals surface area contributed by atoms with Crippen LogP contribution in [-0.2, 0) is 4.79 Å². The molecule has 1 saturated heterocycles. The fourth-order valence-electron chi connectivity index (χ4n) is 5.37. The molecular formula is C33H37N5O2S. The summed E-state index contributed by atoms with van der Waals surface area (Å²) >= 11 is 5.97. The predicted octanol–water partition coefficient (Wildman–Crippen LogP) is 6.97. The fourth-order valence-corrected chi connectivity index (χ4v) is 5.72. The van der Waals surface area contributed by atoms with Crippen LogP contribution in [0.25, 0.3) is 5.69 Å². The molecule has 1 aliphatic rings. The van der Waals surface area contributed by atoms with Crippen molar-refractivity contribution < 1.29 is 9.53 Å². The molecule has 8 heteroatoms. The van der Waals surface area contributed by atoms with Crippen LogP contribution in [0.4, 0.5) is 11.4 Å². The van der Waals surface area contributed by atoms with E-state index in [2.05, 4.69) is 71.2 Å². The van der Waals surface area contributed by atoms with Crippen LogP contribution >= 0.6 is 12.2 Å². The van der Waals surface area contributed by atoms with Gasteiger partial charge in [0.25, 0.3) is 0 Å². The van der Waals surface area contributed by atoms with Crippen LogP contribution in [0.3, 0.4) is 0 Å². The molecule has 7 nitrogen and oxygen atoms in total. The third-order valence-corrected chi connectivity index (χ3v) is 7.89. The highest BCUT2D eigenvalue weighted by Crippen LogP contribution is 2.45. The second kappa shape index (κ2) is 11.0. The number of carbonyl (C=O) groups excluding carboxylic acids is 1. The predicted molar refractivity (Wildman–Crippen MR) is 169 cm³/mol. The van der Waals surface area contributed by atoms with Gasteiger partial charge in [0.15, 0.2) is 5.11 Å². The van der Waals surface area contributed by atoms with Crippen LogP contribution in [0.5, 0.6) is 5.75 Å². The third-order valence-electron chi connectivity index (χ3n) is 7.57. The first kappa shape index (κ1) is 28.4. The Bertz CT molecular complexity index is 1590. The van der Waals surface area contributed by atoms with Crippen molar-refractivity contribution in [3.8, 4) is 11.4 Å². The maximum atomic E-state index is 12.7. The summed E-state index contributed by atoms with van der Waals surface area (Å²) in [6.45, 7) is 12.0. The number of ether oxygens (including phenoxy) is 1.